The smallest absolute Gasteiger partial charge is 0.253 e. The molecule has 1 aliphatic carbocycles. The van der Waals surface area contributed by atoms with Gasteiger partial charge in [-0.05, 0) is 62.3 Å². The molecule has 0 spiro atoms. The molecule has 2 fully saturated rings. The van der Waals surface area contributed by atoms with Gasteiger partial charge in [-0.15, -0.1) is 0 Å². The summed E-state index contributed by atoms with van der Waals surface area (Å²) in [6, 6.07) is 15.8. The van der Waals surface area contributed by atoms with Gasteiger partial charge in [0.1, 0.15) is 0 Å². The lowest BCUT2D eigenvalue weighted by molar-refractivity contribution is 0.0928. The van der Waals surface area contributed by atoms with Crippen LogP contribution in [0.5, 0.6) is 0 Å². The first-order valence-corrected chi connectivity index (χ1v) is 12.1. The standard InChI is InChI=1S/C27H35N3O2/c1-20-9-5-6-12-23(20)27(32)29-22-15-17-30(18-16-22)25-14-8-7-13-24(25)26(31)28-19-21-10-3-2-4-11-21/h5-9,12-14,21-22H,2-4,10-11,15-19H2,1H3,(H,28,31)(H,29,32). The van der Waals surface area contributed by atoms with Gasteiger partial charge in [-0.2, -0.15) is 0 Å². The molecule has 1 heterocycles. The molecule has 32 heavy (non-hydrogen) atoms. The van der Waals surface area contributed by atoms with E-state index in [1.807, 2.05) is 55.5 Å². The molecule has 170 valence electrons. The quantitative estimate of drug-likeness (QED) is 0.694. The van der Waals surface area contributed by atoms with Gasteiger partial charge in [-0.1, -0.05) is 49.6 Å². The van der Waals surface area contributed by atoms with Crippen LogP contribution in [0.3, 0.4) is 0 Å². The number of aryl methyl sites for hydroxylation is 1. The molecule has 0 radical (unpaired) electrons. The van der Waals surface area contributed by atoms with Gasteiger partial charge < -0.3 is 15.5 Å². The lowest BCUT2D eigenvalue weighted by Crippen LogP contribution is -2.45. The van der Waals surface area contributed by atoms with Crippen molar-refractivity contribution in [2.75, 3.05) is 24.5 Å². The van der Waals surface area contributed by atoms with Crippen LogP contribution in [0.15, 0.2) is 48.5 Å². The normalized spacial score (nSPS) is 17.7. The molecule has 0 aromatic heterocycles. The number of para-hydroxylation sites is 1. The third-order valence-electron chi connectivity index (χ3n) is 6.99. The van der Waals surface area contributed by atoms with Gasteiger partial charge in [0.05, 0.1) is 5.56 Å². The van der Waals surface area contributed by atoms with Crippen molar-refractivity contribution in [3.8, 4) is 0 Å². The third-order valence-corrected chi connectivity index (χ3v) is 6.99. The molecular weight excluding hydrogens is 398 g/mol. The average molecular weight is 434 g/mol. The van der Waals surface area contributed by atoms with Crippen LogP contribution in [0.1, 0.15) is 71.2 Å². The Balaban J connectivity index is 1.33. The number of nitrogens with zero attached hydrogens (tertiary/aromatic N) is 1. The Morgan fingerprint density at radius 3 is 2.22 bits per heavy atom. The number of piperidine rings is 1. The van der Waals surface area contributed by atoms with Crippen LogP contribution >= 0.6 is 0 Å². The fourth-order valence-electron chi connectivity index (χ4n) is 5.02. The minimum absolute atomic E-state index is 0.00374. The molecule has 2 aliphatic rings. The highest BCUT2D eigenvalue weighted by atomic mass is 16.2. The molecule has 4 rings (SSSR count). The Morgan fingerprint density at radius 2 is 1.50 bits per heavy atom. The molecule has 2 N–H and O–H groups in total. The summed E-state index contributed by atoms with van der Waals surface area (Å²) in [7, 11) is 0. The summed E-state index contributed by atoms with van der Waals surface area (Å²) in [4.78, 5) is 27.9. The van der Waals surface area contributed by atoms with Crippen molar-refractivity contribution in [3.63, 3.8) is 0 Å². The number of carbonyl (C=O) groups excluding carboxylic acids is 2. The summed E-state index contributed by atoms with van der Waals surface area (Å²) in [6.07, 6.45) is 8.09. The van der Waals surface area contributed by atoms with Gasteiger partial charge in [0, 0.05) is 36.9 Å². The van der Waals surface area contributed by atoms with Gasteiger partial charge in [-0.25, -0.2) is 0 Å². The summed E-state index contributed by atoms with van der Waals surface area (Å²) in [5, 5.41) is 6.38. The Hall–Kier alpha value is -2.82. The number of benzene rings is 2. The van der Waals surface area contributed by atoms with Crippen molar-refractivity contribution < 1.29 is 9.59 Å². The molecule has 5 heteroatoms. The molecule has 0 atom stereocenters. The number of anilines is 1. The van der Waals surface area contributed by atoms with Gasteiger partial charge in [0.2, 0.25) is 0 Å². The number of hydrogen-bond donors (Lipinski definition) is 2. The molecule has 1 saturated heterocycles. The van der Waals surface area contributed by atoms with E-state index < -0.39 is 0 Å². The monoisotopic (exact) mass is 433 g/mol. The summed E-state index contributed by atoms with van der Waals surface area (Å²) >= 11 is 0. The number of carbonyl (C=O) groups is 2. The topological polar surface area (TPSA) is 61.4 Å². The van der Waals surface area contributed by atoms with E-state index in [0.29, 0.717) is 5.92 Å². The molecule has 0 unspecified atom stereocenters. The average Bonchev–Trinajstić information content (AvgIpc) is 2.84. The predicted octanol–water partition coefficient (Wildman–Crippen LogP) is 4.70. The van der Waals surface area contributed by atoms with E-state index in [-0.39, 0.29) is 17.9 Å². The van der Waals surface area contributed by atoms with Crippen LogP contribution in [-0.4, -0.2) is 37.5 Å². The second-order valence-electron chi connectivity index (χ2n) is 9.28. The minimum atomic E-state index is 0.00374. The molecule has 1 aliphatic heterocycles. The van der Waals surface area contributed by atoms with Crippen molar-refractivity contribution in [2.45, 2.75) is 57.9 Å². The second-order valence-corrected chi connectivity index (χ2v) is 9.28. The molecule has 0 bridgehead atoms. The number of nitrogens with one attached hydrogen (secondary N) is 2. The van der Waals surface area contributed by atoms with E-state index in [1.54, 1.807) is 0 Å². The Bertz CT molecular complexity index is 928. The highest BCUT2D eigenvalue weighted by molar-refractivity contribution is 6.00. The van der Waals surface area contributed by atoms with E-state index in [0.717, 1.165) is 54.9 Å². The predicted molar refractivity (Wildman–Crippen MR) is 129 cm³/mol. The molecular formula is C27H35N3O2. The van der Waals surface area contributed by atoms with Crippen molar-refractivity contribution in [1.82, 2.24) is 10.6 Å². The maximum atomic E-state index is 13.0. The number of hydrogen-bond acceptors (Lipinski definition) is 3. The Labute approximate surface area is 191 Å². The fourth-order valence-corrected chi connectivity index (χ4v) is 5.02. The highest BCUT2D eigenvalue weighted by Crippen LogP contribution is 2.26. The Morgan fingerprint density at radius 1 is 0.844 bits per heavy atom. The molecule has 2 aromatic rings. The lowest BCUT2D eigenvalue weighted by Gasteiger charge is -2.35. The van der Waals surface area contributed by atoms with E-state index in [2.05, 4.69) is 15.5 Å². The van der Waals surface area contributed by atoms with E-state index in [1.165, 1.54) is 32.1 Å². The first-order chi connectivity index (χ1) is 15.6. The van der Waals surface area contributed by atoms with E-state index >= 15 is 0 Å². The lowest BCUT2D eigenvalue weighted by atomic mass is 9.89. The summed E-state index contributed by atoms with van der Waals surface area (Å²) in [5.41, 5.74) is 3.49. The zero-order valence-corrected chi connectivity index (χ0v) is 19.1. The molecule has 2 amide bonds. The zero-order chi connectivity index (χ0) is 22.3. The SMILES string of the molecule is Cc1ccccc1C(=O)NC1CCN(c2ccccc2C(=O)NCC2CCCCC2)CC1. The number of rotatable bonds is 6. The van der Waals surface area contributed by atoms with E-state index in [9.17, 15) is 9.59 Å². The van der Waals surface area contributed by atoms with Gasteiger partial charge >= 0.3 is 0 Å². The third kappa shape index (κ3) is 5.50. The van der Waals surface area contributed by atoms with Crippen LogP contribution < -0.4 is 15.5 Å². The summed E-state index contributed by atoms with van der Waals surface area (Å²) < 4.78 is 0. The van der Waals surface area contributed by atoms with Gasteiger partial charge in [0.25, 0.3) is 11.8 Å². The van der Waals surface area contributed by atoms with Crippen molar-refractivity contribution >= 4 is 17.5 Å². The van der Waals surface area contributed by atoms with Gasteiger partial charge in [0.15, 0.2) is 0 Å². The van der Waals surface area contributed by atoms with E-state index in [4.69, 9.17) is 0 Å². The largest absolute Gasteiger partial charge is 0.371 e. The maximum absolute atomic E-state index is 13.0. The summed E-state index contributed by atoms with van der Waals surface area (Å²) in [5.74, 6) is 0.651. The second kappa shape index (κ2) is 10.7. The van der Waals surface area contributed by atoms with Gasteiger partial charge in [-0.3, -0.25) is 9.59 Å². The van der Waals surface area contributed by atoms with Crippen LogP contribution in [0, 0.1) is 12.8 Å². The van der Waals surface area contributed by atoms with Crippen LogP contribution in [0.4, 0.5) is 5.69 Å². The van der Waals surface area contributed by atoms with Crippen molar-refractivity contribution in [2.24, 2.45) is 5.92 Å². The first kappa shape index (κ1) is 22.4. The highest BCUT2D eigenvalue weighted by Gasteiger charge is 2.24. The van der Waals surface area contributed by atoms with Crippen molar-refractivity contribution in [1.29, 1.82) is 0 Å². The molecule has 5 nitrogen and oxygen atoms in total. The van der Waals surface area contributed by atoms with Crippen LogP contribution in [0.25, 0.3) is 0 Å². The summed E-state index contributed by atoms with van der Waals surface area (Å²) in [6.45, 7) is 4.39. The molecule has 2 aromatic carbocycles. The first-order valence-electron chi connectivity index (χ1n) is 12.1. The minimum Gasteiger partial charge on any atom is -0.371 e. The molecule has 1 saturated carbocycles. The zero-order valence-electron chi connectivity index (χ0n) is 19.1. The van der Waals surface area contributed by atoms with Crippen LogP contribution in [0.2, 0.25) is 0 Å². The Kier molecular flexibility index (Phi) is 7.46. The maximum Gasteiger partial charge on any atom is 0.253 e. The number of amides is 2. The fraction of sp³-hybridized carbons (Fsp3) is 0.481. The van der Waals surface area contributed by atoms with Crippen LogP contribution in [-0.2, 0) is 0 Å². The van der Waals surface area contributed by atoms with Crippen molar-refractivity contribution in [3.05, 3.63) is 65.2 Å².